The lowest BCUT2D eigenvalue weighted by Gasteiger charge is -2.04. The average molecular weight is 195 g/mol. The van der Waals surface area contributed by atoms with Crippen LogP contribution >= 0.6 is 0 Å². The molecule has 3 aromatic rings. The molecule has 0 bridgehead atoms. The second-order valence-electron chi connectivity index (χ2n) is 3.83. The first-order valence-corrected chi connectivity index (χ1v) is 5.37. The molecule has 1 aromatic heterocycles. The van der Waals surface area contributed by atoms with Crippen molar-refractivity contribution < 1.29 is 0 Å². The number of benzene rings is 2. The molecule has 0 N–H and O–H groups in total. The molecule has 1 heteroatoms. The third-order valence-electron chi connectivity index (χ3n) is 2.99. The molecule has 0 saturated carbocycles. The predicted molar refractivity (Wildman–Crippen MR) is 65.1 cm³/mol. The Hall–Kier alpha value is -1.76. The SMILES string of the molecule is CCn1ccc2ccc3ccccc3c21. The largest absolute Gasteiger partial charge is 0.347 e. The van der Waals surface area contributed by atoms with Crippen molar-refractivity contribution in [2.75, 3.05) is 0 Å². The molecule has 0 amide bonds. The summed E-state index contributed by atoms with van der Waals surface area (Å²) in [5.41, 5.74) is 1.36. The molecule has 0 fully saturated rings. The highest BCUT2D eigenvalue weighted by Gasteiger charge is 2.03. The van der Waals surface area contributed by atoms with Crippen LogP contribution < -0.4 is 0 Å². The Kier molecular flexibility index (Phi) is 1.78. The van der Waals surface area contributed by atoms with Crippen LogP contribution in [0.1, 0.15) is 6.92 Å². The molecular weight excluding hydrogens is 182 g/mol. The van der Waals surface area contributed by atoms with E-state index in [1.165, 1.54) is 21.7 Å². The van der Waals surface area contributed by atoms with E-state index in [9.17, 15) is 0 Å². The number of fused-ring (bicyclic) bond motifs is 3. The van der Waals surface area contributed by atoms with Crippen LogP contribution in [0.2, 0.25) is 0 Å². The summed E-state index contributed by atoms with van der Waals surface area (Å²) in [6, 6.07) is 15.1. The van der Waals surface area contributed by atoms with Gasteiger partial charge in [0, 0.05) is 23.5 Å². The summed E-state index contributed by atoms with van der Waals surface area (Å²) in [7, 11) is 0. The molecule has 1 heterocycles. The molecule has 0 aliphatic rings. The highest BCUT2D eigenvalue weighted by molar-refractivity contribution is 6.05. The second-order valence-corrected chi connectivity index (χ2v) is 3.83. The minimum Gasteiger partial charge on any atom is -0.347 e. The Balaban J connectivity index is 2.56. The zero-order chi connectivity index (χ0) is 10.3. The highest BCUT2D eigenvalue weighted by Crippen LogP contribution is 2.25. The third kappa shape index (κ3) is 1.16. The van der Waals surface area contributed by atoms with Crippen LogP contribution in [0.15, 0.2) is 48.7 Å². The van der Waals surface area contributed by atoms with Crippen LogP contribution in [0.3, 0.4) is 0 Å². The molecule has 74 valence electrons. The van der Waals surface area contributed by atoms with Crippen molar-refractivity contribution in [3.05, 3.63) is 48.7 Å². The van der Waals surface area contributed by atoms with Crippen molar-refractivity contribution in [2.45, 2.75) is 13.5 Å². The monoisotopic (exact) mass is 195 g/mol. The summed E-state index contributed by atoms with van der Waals surface area (Å²) < 4.78 is 2.30. The summed E-state index contributed by atoms with van der Waals surface area (Å²) in [5.74, 6) is 0. The lowest BCUT2D eigenvalue weighted by Crippen LogP contribution is -1.91. The third-order valence-corrected chi connectivity index (χ3v) is 2.99. The van der Waals surface area contributed by atoms with Crippen LogP contribution in [0, 0.1) is 0 Å². The van der Waals surface area contributed by atoms with Gasteiger partial charge in [0.2, 0.25) is 0 Å². The van der Waals surface area contributed by atoms with E-state index in [2.05, 4.69) is 60.2 Å². The van der Waals surface area contributed by atoms with Crippen molar-refractivity contribution in [3.8, 4) is 0 Å². The van der Waals surface area contributed by atoms with Gasteiger partial charge in [-0.3, -0.25) is 0 Å². The first-order chi connectivity index (χ1) is 7.40. The van der Waals surface area contributed by atoms with E-state index in [0.29, 0.717) is 0 Å². The molecule has 0 radical (unpaired) electrons. The van der Waals surface area contributed by atoms with E-state index in [1.54, 1.807) is 0 Å². The van der Waals surface area contributed by atoms with Crippen LogP contribution in [0.5, 0.6) is 0 Å². The fourth-order valence-electron chi connectivity index (χ4n) is 2.24. The van der Waals surface area contributed by atoms with Gasteiger partial charge in [0.15, 0.2) is 0 Å². The van der Waals surface area contributed by atoms with Gasteiger partial charge in [-0.25, -0.2) is 0 Å². The first-order valence-electron chi connectivity index (χ1n) is 5.37. The Morgan fingerprint density at radius 3 is 2.60 bits per heavy atom. The summed E-state index contributed by atoms with van der Waals surface area (Å²) >= 11 is 0. The van der Waals surface area contributed by atoms with Crippen molar-refractivity contribution in [1.29, 1.82) is 0 Å². The molecule has 0 atom stereocenters. The van der Waals surface area contributed by atoms with Crippen molar-refractivity contribution in [2.24, 2.45) is 0 Å². The normalized spacial score (nSPS) is 11.3. The van der Waals surface area contributed by atoms with E-state index < -0.39 is 0 Å². The standard InChI is InChI=1S/C14H13N/c1-2-15-10-9-12-8-7-11-5-3-4-6-13(11)14(12)15/h3-10H,2H2,1H3. The summed E-state index contributed by atoms with van der Waals surface area (Å²) in [6.07, 6.45) is 2.16. The maximum atomic E-state index is 2.30. The topological polar surface area (TPSA) is 4.93 Å². The van der Waals surface area contributed by atoms with Crippen molar-refractivity contribution >= 4 is 21.7 Å². The van der Waals surface area contributed by atoms with Crippen LogP contribution in [-0.2, 0) is 6.54 Å². The minimum atomic E-state index is 1.03. The number of aryl methyl sites for hydroxylation is 1. The zero-order valence-corrected chi connectivity index (χ0v) is 8.77. The Labute approximate surface area is 88.9 Å². The molecule has 0 saturated heterocycles. The quantitative estimate of drug-likeness (QED) is 0.556. The summed E-state index contributed by atoms with van der Waals surface area (Å²) in [4.78, 5) is 0. The van der Waals surface area contributed by atoms with Crippen LogP contribution in [-0.4, -0.2) is 4.57 Å². The molecule has 0 spiro atoms. The van der Waals surface area contributed by atoms with Gasteiger partial charge in [0.05, 0.1) is 5.52 Å². The Morgan fingerprint density at radius 2 is 1.73 bits per heavy atom. The zero-order valence-electron chi connectivity index (χ0n) is 8.77. The lowest BCUT2D eigenvalue weighted by molar-refractivity contribution is 0.800. The van der Waals surface area contributed by atoms with E-state index in [4.69, 9.17) is 0 Å². The number of nitrogens with zero attached hydrogens (tertiary/aromatic N) is 1. The van der Waals surface area contributed by atoms with Gasteiger partial charge in [-0.1, -0.05) is 36.4 Å². The highest BCUT2D eigenvalue weighted by atomic mass is 14.9. The average Bonchev–Trinajstić information content (AvgIpc) is 2.72. The van der Waals surface area contributed by atoms with E-state index >= 15 is 0 Å². The number of hydrogen-bond acceptors (Lipinski definition) is 0. The fraction of sp³-hybridized carbons (Fsp3) is 0.143. The van der Waals surface area contributed by atoms with Gasteiger partial charge in [-0.15, -0.1) is 0 Å². The number of aromatic nitrogens is 1. The van der Waals surface area contributed by atoms with Crippen molar-refractivity contribution in [3.63, 3.8) is 0 Å². The van der Waals surface area contributed by atoms with Crippen molar-refractivity contribution in [1.82, 2.24) is 4.57 Å². The van der Waals surface area contributed by atoms with Crippen LogP contribution in [0.4, 0.5) is 0 Å². The van der Waals surface area contributed by atoms with Crippen LogP contribution in [0.25, 0.3) is 21.7 Å². The second kappa shape index (κ2) is 3.13. The van der Waals surface area contributed by atoms with Gasteiger partial charge in [-0.2, -0.15) is 0 Å². The number of hydrogen-bond donors (Lipinski definition) is 0. The summed E-state index contributed by atoms with van der Waals surface area (Å²) in [6.45, 7) is 3.21. The Bertz CT molecular complexity index is 619. The predicted octanol–water partition coefficient (Wildman–Crippen LogP) is 3.81. The fourth-order valence-corrected chi connectivity index (χ4v) is 2.24. The van der Waals surface area contributed by atoms with Gasteiger partial charge in [0.25, 0.3) is 0 Å². The molecule has 1 nitrogen and oxygen atoms in total. The first kappa shape index (κ1) is 8.54. The maximum Gasteiger partial charge on any atom is 0.0559 e. The molecule has 15 heavy (non-hydrogen) atoms. The van der Waals surface area contributed by atoms with E-state index in [0.717, 1.165) is 6.54 Å². The molecule has 0 unspecified atom stereocenters. The molecular formula is C14H13N. The van der Waals surface area contributed by atoms with Gasteiger partial charge in [-0.05, 0) is 18.4 Å². The maximum absolute atomic E-state index is 2.30. The molecule has 2 aromatic carbocycles. The minimum absolute atomic E-state index is 1.03. The Morgan fingerprint density at radius 1 is 0.933 bits per heavy atom. The van der Waals surface area contributed by atoms with Gasteiger partial charge >= 0.3 is 0 Å². The molecule has 0 aliphatic heterocycles. The smallest absolute Gasteiger partial charge is 0.0559 e. The lowest BCUT2D eigenvalue weighted by atomic mass is 10.1. The van der Waals surface area contributed by atoms with E-state index in [1.807, 2.05) is 0 Å². The molecule has 3 rings (SSSR count). The van der Waals surface area contributed by atoms with Gasteiger partial charge in [0.1, 0.15) is 0 Å². The van der Waals surface area contributed by atoms with E-state index in [-0.39, 0.29) is 0 Å². The summed E-state index contributed by atoms with van der Waals surface area (Å²) in [5, 5.41) is 4.00. The van der Waals surface area contributed by atoms with Gasteiger partial charge < -0.3 is 4.57 Å². The molecule has 0 aliphatic carbocycles. The number of rotatable bonds is 1.